The third kappa shape index (κ3) is 5.56. The number of carbonyl (C=O) groups excluding carboxylic acids is 2. The van der Waals surface area contributed by atoms with E-state index in [9.17, 15) is 14.0 Å². The van der Waals surface area contributed by atoms with Crippen LogP contribution < -0.4 is 10.2 Å². The number of furan rings is 1. The van der Waals surface area contributed by atoms with Gasteiger partial charge in [-0.25, -0.2) is 9.07 Å². The molecule has 5 rings (SSSR count). The van der Waals surface area contributed by atoms with Gasteiger partial charge in [-0.1, -0.05) is 50.6 Å². The van der Waals surface area contributed by atoms with Gasteiger partial charge in [-0.05, 0) is 55.3 Å². The van der Waals surface area contributed by atoms with Crippen molar-refractivity contribution in [3.05, 3.63) is 100 Å². The smallest absolute Gasteiger partial charge is 0.240 e. The highest BCUT2D eigenvalue weighted by Crippen LogP contribution is 2.48. The molecule has 0 saturated heterocycles. The van der Waals surface area contributed by atoms with Crippen molar-refractivity contribution < 1.29 is 18.4 Å². The van der Waals surface area contributed by atoms with Gasteiger partial charge >= 0.3 is 0 Å². The number of fused-ring (bicyclic) bond motifs is 1. The summed E-state index contributed by atoms with van der Waals surface area (Å²) in [4.78, 5) is 28.5. The van der Waals surface area contributed by atoms with Gasteiger partial charge in [0.25, 0.3) is 0 Å². The van der Waals surface area contributed by atoms with Gasteiger partial charge in [0.05, 0.1) is 35.2 Å². The van der Waals surface area contributed by atoms with Crippen LogP contribution in [0.3, 0.4) is 0 Å². The molecule has 2 amide bonds. The minimum absolute atomic E-state index is 0.123. The van der Waals surface area contributed by atoms with E-state index in [1.165, 1.54) is 28.8 Å². The Balaban J connectivity index is 1.70. The van der Waals surface area contributed by atoms with Crippen molar-refractivity contribution in [2.75, 3.05) is 17.2 Å². The van der Waals surface area contributed by atoms with E-state index >= 15 is 0 Å². The van der Waals surface area contributed by atoms with Crippen LogP contribution in [0.1, 0.15) is 59.7 Å². The average Bonchev–Trinajstić information content (AvgIpc) is 3.52. The number of amides is 2. The average molecular weight is 561 g/mol. The van der Waals surface area contributed by atoms with Gasteiger partial charge in [-0.3, -0.25) is 14.5 Å². The third-order valence-electron chi connectivity index (χ3n) is 6.87. The zero-order valence-corrected chi connectivity index (χ0v) is 24.1. The van der Waals surface area contributed by atoms with Crippen LogP contribution in [0.25, 0.3) is 5.69 Å². The Morgan fingerprint density at radius 2 is 1.95 bits per heavy atom. The Morgan fingerprint density at radius 1 is 1.15 bits per heavy atom. The summed E-state index contributed by atoms with van der Waals surface area (Å²) in [6, 6.07) is 16.1. The SMILES string of the molecule is Cc1ccc(-n2nc(C(C)(C)C)c3c2N(CC(=O)NCc2ccco2)C(=O)CS[C@H]3c2cccc(F)c2)c(C)c1. The molecule has 0 unspecified atom stereocenters. The number of hydrogen-bond acceptors (Lipinski definition) is 5. The number of aromatic nitrogens is 2. The van der Waals surface area contributed by atoms with Crippen molar-refractivity contribution in [2.24, 2.45) is 0 Å². The molecule has 208 valence electrons. The van der Waals surface area contributed by atoms with Crippen LogP contribution in [0.4, 0.5) is 10.2 Å². The maximum Gasteiger partial charge on any atom is 0.240 e. The van der Waals surface area contributed by atoms with Crippen molar-refractivity contribution in [3.8, 4) is 5.69 Å². The number of thioether (sulfide) groups is 1. The standard InChI is InChI=1S/C31H33FN4O3S/c1-19-11-12-24(20(2)14-19)36-30-27(29(34-36)31(3,4)5)28(21-8-6-9-22(32)15-21)40-18-26(38)35(30)17-25(37)33-16-23-10-7-13-39-23/h6-15,28H,16-18H2,1-5H3,(H,33,37)/t28-/m0/s1. The van der Waals surface area contributed by atoms with Crippen LogP contribution in [-0.2, 0) is 21.5 Å². The first-order valence-corrected chi connectivity index (χ1v) is 14.3. The summed E-state index contributed by atoms with van der Waals surface area (Å²) in [5.74, 6) is 0.393. The van der Waals surface area contributed by atoms with Gasteiger partial charge < -0.3 is 9.73 Å². The summed E-state index contributed by atoms with van der Waals surface area (Å²) in [5, 5.41) is 7.61. The number of nitrogens with one attached hydrogen (secondary N) is 1. The van der Waals surface area contributed by atoms with Gasteiger partial charge in [-0.2, -0.15) is 5.10 Å². The second-order valence-corrected chi connectivity index (χ2v) is 12.2. The van der Waals surface area contributed by atoms with E-state index in [1.54, 1.807) is 29.1 Å². The second-order valence-electron chi connectivity index (χ2n) is 11.1. The predicted octanol–water partition coefficient (Wildman–Crippen LogP) is 6.00. The van der Waals surface area contributed by atoms with Gasteiger partial charge in [0, 0.05) is 11.0 Å². The molecule has 0 saturated carbocycles. The number of carbonyl (C=O) groups is 2. The molecule has 3 heterocycles. The molecule has 7 nitrogen and oxygen atoms in total. The molecule has 0 fully saturated rings. The molecule has 0 bridgehead atoms. The highest BCUT2D eigenvalue weighted by molar-refractivity contribution is 8.00. The predicted molar refractivity (Wildman–Crippen MR) is 155 cm³/mol. The quantitative estimate of drug-likeness (QED) is 0.313. The van der Waals surface area contributed by atoms with Crippen LogP contribution in [0.5, 0.6) is 0 Å². The fourth-order valence-electron chi connectivity index (χ4n) is 5.02. The lowest BCUT2D eigenvalue weighted by atomic mass is 9.87. The molecule has 9 heteroatoms. The highest BCUT2D eigenvalue weighted by atomic mass is 32.2. The molecule has 1 aliphatic rings. The van der Waals surface area contributed by atoms with E-state index in [2.05, 4.69) is 32.2 Å². The van der Waals surface area contributed by atoms with Gasteiger partial charge in [0.15, 0.2) is 0 Å². The monoisotopic (exact) mass is 560 g/mol. The van der Waals surface area contributed by atoms with E-state index in [0.717, 1.165) is 33.6 Å². The Bertz CT molecular complexity index is 1560. The van der Waals surface area contributed by atoms with Crippen LogP contribution >= 0.6 is 11.8 Å². The van der Waals surface area contributed by atoms with Crippen molar-refractivity contribution in [1.29, 1.82) is 0 Å². The number of anilines is 1. The molecule has 0 spiro atoms. The lowest BCUT2D eigenvalue weighted by Gasteiger charge is -2.25. The number of nitrogens with zero attached hydrogens (tertiary/aromatic N) is 3. The number of halogens is 1. The minimum Gasteiger partial charge on any atom is -0.467 e. The molecular weight excluding hydrogens is 527 g/mol. The normalized spacial score (nSPS) is 15.6. The first-order valence-electron chi connectivity index (χ1n) is 13.2. The summed E-state index contributed by atoms with van der Waals surface area (Å²) in [7, 11) is 0. The molecule has 2 aromatic carbocycles. The molecule has 0 aliphatic carbocycles. The van der Waals surface area contributed by atoms with E-state index in [0.29, 0.717) is 11.6 Å². The molecule has 1 N–H and O–H groups in total. The van der Waals surface area contributed by atoms with Crippen LogP contribution in [0, 0.1) is 19.7 Å². The molecule has 4 aromatic rings. The van der Waals surface area contributed by atoms with Gasteiger partial charge in [0.2, 0.25) is 11.8 Å². The van der Waals surface area contributed by atoms with E-state index < -0.39 is 5.41 Å². The first kappa shape index (κ1) is 27.7. The summed E-state index contributed by atoms with van der Waals surface area (Å²) in [5.41, 5.74) is 4.85. The van der Waals surface area contributed by atoms with Crippen LogP contribution in [-0.4, -0.2) is 33.9 Å². The van der Waals surface area contributed by atoms with Crippen LogP contribution in [0.2, 0.25) is 0 Å². The molecular formula is C31H33FN4O3S. The lowest BCUT2D eigenvalue weighted by molar-refractivity contribution is -0.123. The fourth-order valence-corrected chi connectivity index (χ4v) is 6.20. The molecule has 1 aliphatic heterocycles. The molecule has 40 heavy (non-hydrogen) atoms. The first-order chi connectivity index (χ1) is 19.0. The Hall–Kier alpha value is -3.85. The zero-order valence-electron chi connectivity index (χ0n) is 23.3. The molecule has 2 aromatic heterocycles. The zero-order chi connectivity index (χ0) is 28.6. The fraction of sp³-hybridized carbons (Fsp3) is 0.323. The Kier molecular flexibility index (Phi) is 7.59. The highest BCUT2D eigenvalue weighted by Gasteiger charge is 2.40. The second kappa shape index (κ2) is 11.0. The minimum atomic E-state index is -0.402. The summed E-state index contributed by atoms with van der Waals surface area (Å²) in [6.07, 6.45) is 1.55. The number of benzene rings is 2. The van der Waals surface area contributed by atoms with Crippen LogP contribution in [0.15, 0.2) is 65.3 Å². The largest absolute Gasteiger partial charge is 0.467 e. The van der Waals surface area contributed by atoms with Crippen molar-refractivity contribution in [3.63, 3.8) is 0 Å². The van der Waals surface area contributed by atoms with E-state index in [-0.39, 0.29) is 41.7 Å². The van der Waals surface area contributed by atoms with Gasteiger partial charge in [-0.15, -0.1) is 11.8 Å². The Labute approximate surface area is 237 Å². The topological polar surface area (TPSA) is 80.4 Å². The van der Waals surface area contributed by atoms with E-state index in [4.69, 9.17) is 9.52 Å². The lowest BCUT2D eigenvalue weighted by Crippen LogP contribution is -2.42. The summed E-state index contributed by atoms with van der Waals surface area (Å²) in [6.45, 7) is 10.3. The number of aryl methyl sites for hydroxylation is 2. The van der Waals surface area contributed by atoms with Crippen molar-refractivity contribution in [1.82, 2.24) is 15.1 Å². The maximum absolute atomic E-state index is 14.5. The number of rotatable bonds is 6. The van der Waals surface area contributed by atoms with Crippen molar-refractivity contribution in [2.45, 2.75) is 51.8 Å². The third-order valence-corrected chi connectivity index (χ3v) is 8.13. The molecule has 1 atom stereocenters. The Morgan fingerprint density at radius 3 is 2.62 bits per heavy atom. The summed E-state index contributed by atoms with van der Waals surface area (Å²) >= 11 is 1.43. The number of hydrogen-bond donors (Lipinski definition) is 1. The molecule has 0 radical (unpaired) electrons. The summed E-state index contributed by atoms with van der Waals surface area (Å²) < 4.78 is 21.6. The van der Waals surface area contributed by atoms with E-state index in [1.807, 2.05) is 32.0 Å². The maximum atomic E-state index is 14.5. The van der Waals surface area contributed by atoms with Gasteiger partial charge in [0.1, 0.15) is 23.9 Å². The van der Waals surface area contributed by atoms with Crippen molar-refractivity contribution >= 4 is 29.4 Å².